The number of aryl methyl sites for hydroxylation is 1. The van der Waals surface area contributed by atoms with Gasteiger partial charge >= 0.3 is 0 Å². The smallest absolute Gasteiger partial charge is 0.207 e. The molecule has 0 bridgehead atoms. The first kappa shape index (κ1) is 19.2. The minimum atomic E-state index is 0.582. The molecule has 4 aromatic rings. The first-order valence-electron chi connectivity index (χ1n) is 8.80. The number of fused-ring (bicyclic) bond motifs is 1. The molecule has 4 rings (SSSR count). The van der Waals surface area contributed by atoms with Crippen LogP contribution >= 0.6 is 0 Å². The van der Waals surface area contributed by atoms with E-state index >= 15 is 0 Å². The van der Waals surface area contributed by atoms with E-state index < -0.39 is 0 Å². The number of aromatic amines is 2. The summed E-state index contributed by atoms with van der Waals surface area (Å²) < 4.78 is 4.62. The molecule has 2 heterocycles. The predicted octanol–water partition coefficient (Wildman–Crippen LogP) is 2.70. The zero-order valence-corrected chi connectivity index (χ0v) is 15.8. The number of rotatable bonds is 6. The minimum Gasteiger partial charge on any atom is -0.383 e. The average molecular weight is 378 g/mol. The fourth-order valence-electron chi connectivity index (χ4n) is 2.74. The highest BCUT2D eigenvalue weighted by Gasteiger charge is 2.10. The van der Waals surface area contributed by atoms with Gasteiger partial charge in [-0.1, -0.05) is 23.8 Å². The molecule has 0 aliphatic rings. The van der Waals surface area contributed by atoms with Crippen LogP contribution in [0.4, 0.5) is 0 Å². The van der Waals surface area contributed by atoms with Crippen molar-refractivity contribution in [2.75, 3.05) is 20.3 Å². The monoisotopic (exact) mass is 378 g/mol. The average Bonchev–Trinajstić information content (AvgIpc) is 3.38. The van der Waals surface area contributed by atoms with Gasteiger partial charge in [0.25, 0.3) is 0 Å². The van der Waals surface area contributed by atoms with Crippen molar-refractivity contribution >= 4 is 17.3 Å². The van der Waals surface area contributed by atoms with E-state index in [0.717, 1.165) is 33.5 Å². The normalized spacial score (nSPS) is 10.4. The van der Waals surface area contributed by atoms with Gasteiger partial charge in [0, 0.05) is 30.2 Å². The highest BCUT2D eigenvalue weighted by molar-refractivity contribution is 5.95. The van der Waals surface area contributed by atoms with Gasteiger partial charge in [-0.05, 0) is 31.2 Å². The molecule has 0 aliphatic carbocycles. The molecule has 8 heteroatoms. The quantitative estimate of drug-likeness (QED) is 0.353. The molecule has 8 nitrogen and oxygen atoms in total. The van der Waals surface area contributed by atoms with Gasteiger partial charge in [-0.3, -0.25) is 15.0 Å². The van der Waals surface area contributed by atoms with Crippen LogP contribution in [0.3, 0.4) is 0 Å². The molecule has 3 N–H and O–H groups in total. The molecule has 0 atom stereocenters. The molecule has 1 amide bonds. The summed E-state index contributed by atoms with van der Waals surface area (Å²) in [6.45, 7) is 3.26. The van der Waals surface area contributed by atoms with E-state index in [1.165, 1.54) is 11.9 Å². The minimum absolute atomic E-state index is 0.582. The van der Waals surface area contributed by atoms with Crippen molar-refractivity contribution in [2.45, 2.75) is 6.92 Å². The molecule has 144 valence electrons. The van der Waals surface area contributed by atoms with E-state index in [-0.39, 0.29) is 0 Å². The van der Waals surface area contributed by atoms with Crippen molar-refractivity contribution in [3.05, 3.63) is 54.4 Å². The van der Waals surface area contributed by atoms with Crippen LogP contribution in [0, 0.1) is 6.92 Å². The molecular formula is C20H22N6O2. The third-order valence-corrected chi connectivity index (χ3v) is 4.08. The van der Waals surface area contributed by atoms with Gasteiger partial charge in [0.15, 0.2) is 5.82 Å². The molecular weight excluding hydrogens is 356 g/mol. The van der Waals surface area contributed by atoms with Crippen LogP contribution in [-0.2, 0) is 9.53 Å². The molecule has 0 radical (unpaired) electrons. The topological polar surface area (TPSA) is 109 Å². The standard InChI is InChI=1S/C16H13N5.C4H9NO2/c1-10-3-2-4-11(7-10)15-13-8-12(16-17-9-18-21-16)5-6-14(13)19-20-15;1-7-3-2-5-4-6/h2-9H,1H3,(H,19,20)(H,17,18,21);4H,2-3H2,1H3,(H,5,6). The Kier molecular flexibility index (Phi) is 6.48. The number of nitrogens with zero attached hydrogens (tertiary/aromatic N) is 3. The second kappa shape index (κ2) is 9.43. The Balaban J connectivity index is 0.000000279. The van der Waals surface area contributed by atoms with E-state index in [1.807, 2.05) is 18.2 Å². The van der Waals surface area contributed by atoms with Crippen molar-refractivity contribution in [3.8, 4) is 22.6 Å². The lowest BCUT2D eigenvalue weighted by atomic mass is 10.0. The van der Waals surface area contributed by atoms with Crippen molar-refractivity contribution < 1.29 is 9.53 Å². The SMILES string of the molecule is COCCNC=O.Cc1cccc(-c2n[nH]c3ccc(-c4ncn[nH]4)cc23)c1. The lowest BCUT2D eigenvalue weighted by Gasteiger charge is -2.01. The van der Waals surface area contributed by atoms with E-state index in [2.05, 4.69) is 66.6 Å². The number of carbonyl (C=O) groups is 1. The summed E-state index contributed by atoms with van der Waals surface area (Å²) in [5, 5.41) is 17.8. The highest BCUT2D eigenvalue weighted by Crippen LogP contribution is 2.29. The Morgan fingerprint density at radius 2 is 2.04 bits per heavy atom. The van der Waals surface area contributed by atoms with Crippen LogP contribution in [0.15, 0.2) is 48.8 Å². The van der Waals surface area contributed by atoms with Gasteiger partial charge in [-0.25, -0.2) is 4.98 Å². The summed E-state index contributed by atoms with van der Waals surface area (Å²) in [7, 11) is 1.59. The van der Waals surface area contributed by atoms with Crippen LogP contribution in [0.2, 0.25) is 0 Å². The van der Waals surface area contributed by atoms with E-state index in [1.54, 1.807) is 7.11 Å². The van der Waals surface area contributed by atoms with E-state index in [9.17, 15) is 4.79 Å². The Hall–Kier alpha value is -3.52. The van der Waals surface area contributed by atoms with Crippen molar-refractivity contribution in [3.63, 3.8) is 0 Å². The number of benzene rings is 2. The number of hydrogen-bond donors (Lipinski definition) is 3. The van der Waals surface area contributed by atoms with E-state index in [4.69, 9.17) is 0 Å². The summed E-state index contributed by atoms with van der Waals surface area (Å²) in [6, 6.07) is 14.4. The number of aromatic nitrogens is 5. The number of H-pyrrole nitrogens is 2. The van der Waals surface area contributed by atoms with Gasteiger partial charge in [-0.2, -0.15) is 10.2 Å². The predicted molar refractivity (Wildman–Crippen MR) is 108 cm³/mol. The summed E-state index contributed by atoms with van der Waals surface area (Å²) in [5.41, 5.74) is 5.28. The second-order valence-corrected chi connectivity index (χ2v) is 6.10. The van der Waals surface area contributed by atoms with Crippen LogP contribution < -0.4 is 5.32 Å². The van der Waals surface area contributed by atoms with Crippen molar-refractivity contribution in [1.82, 2.24) is 30.7 Å². The van der Waals surface area contributed by atoms with Crippen LogP contribution in [-0.4, -0.2) is 52.1 Å². The maximum Gasteiger partial charge on any atom is 0.207 e. The van der Waals surface area contributed by atoms with Crippen LogP contribution in [0.25, 0.3) is 33.5 Å². The third-order valence-electron chi connectivity index (χ3n) is 4.08. The largest absolute Gasteiger partial charge is 0.383 e. The molecule has 0 saturated carbocycles. The number of hydrogen-bond acceptors (Lipinski definition) is 5. The van der Waals surface area contributed by atoms with E-state index in [0.29, 0.717) is 19.6 Å². The Labute approximate surface area is 162 Å². The Morgan fingerprint density at radius 3 is 2.75 bits per heavy atom. The molecule has 0 saturated heterocycles. The van der Waals surface area contributed by atoms with Gasteiger partial charge in [0.2, 0.25) is 6.41 Å². The van der Waals surface area contributed by atoms with Gasteiger partial charge in [-0.15, -0.1) is 0 Å². The van der Waals surface area contributed by atoms with Gasteiger partial charge in [0.1, 0.15) is 6.33 Å². The number of amides is 1. The molecule has 0 unspecified atom stereocenters. The van der Waals surface area contributed by atoms with Gasteiger partial charge in [0.05, 0.1) is 17.8 Å². The third kappa shape index (κ3) is 4.60. The first-order valence-corrected chi connectivity index (χ1v) is 8.80. The molecule has 2 aromatic carbocycles. The molecule has 28 heavy (non-hydrogen) atoms. The zero-order chi connectivity index (χ0) is 19.8. The second-order valence-electron chi connectivity index (χ2n) is 6.10. The van der Waals surface area contributed by atoms with Crippen molar-refractivity contribution in [1.29, 1.82) is 0 Å². The fourth-order valence-corrected chi connectivity index (χ4v) is 2.74. The van der Waals surface area contributed by atoms with Gasteiger partial charge < -0.3 is 10.1 Å². The lowest BCUT2D eigenvalue weighted by molar-refractivity contribution is -0.109. The maximum atomic E-state index is 9.51. The number of carbonyl (C=O) groups excluding carboxylic acids is 1. The summed E-state index contributed by atoms with van der Waals surface area (Å²) in [6.07, 6.45) is 2.16. The molecule has 0 fully saturated rings. The fraction of sp³-hybridized carbons (Fsp3) is 0.200. The Morgan fingerprint density at radius 1 is 1.14 bits per heavy atom. The molecule has 0 aliphatic heterocycles. The summed E-state index contributed by atoms with van der Waals surface area (Å²) in [5.74, 6) is 0.758. The van der Waals surface area contributed by atoms with Crippen LogP contribution in [0.5, 0.6) is 0 Å². The number of ether oxygens (including phenoxy) is 1. The molecule has 0 spiro atoms. The first-order chi connectivity index (χ1) is 13.7. The van der Waals surface area contributed by atoms with Crippen molar-refractivity contribution in [2.24, 2.45) is 0 Å². The molecule has 2 aromatic heterocycles. The number of nitrogens with one attached hydrogen (secondary N) is 3. The maximum absolute atomic E-state index is 9.51. The zero-order valence-electron chi connectivity index (χ0n) is 15.8. The summed E-state index contributed by atoms with van der Waals surface area (Å²) >= 11 is 0. The Bertz CT molecular complexity index is 1030. The number of methoxy groups -OCH3 is 1. The van der Waals surface area contributed by atoms with Crippen LogP contribution in [0.1, 0.15) is 5.56 Å². The summed E-state index contributed by atoms with van der Waals surface area (Å²) in [4.78, 5) is 13.7. The highest BCUT2D eigenvalue weighted by atomic mass is 16.5. The lowest BCUT2D eigenvalue weighted by Crippen LogP contribution is -2.16.